The van der Waals surface area contributed by atoms with Gasteiger partial charge >= 0.3 is 0 Å². The molecule has 2 atom stereocenters. The maximum atomic E-state index is 5.51. The van der Waals surface area contributed by atoms with Gasteiger partial charge in [-0.25, -0.2) is 19.9 Å². The lowest BCUT2D eigenvalue weighted by Gasteiger charge is -2.30. The molecule has 286 valence electrons. The number of pyridine rings is 1. The molecule has 13 rings (SSSR count). The number of aromatic nitrogens is 5. The summed E-state index contributed by atoms with van der Waals surface area (Å²) in [5.74, 6) is 2.65. The van der Waals surface area contributed by atoms with Crippen LogP contribution in [-0.2, 0) is 0 Å². The van der Waals surface area contributed by atoms with E-state index < -0.39 is 0 Å². The van der Waals surface area contributed by atoms with Gasteiger partial charge in [0.15, 0.2) is 23.1 Å². The lowest BCUT2D eigenvalue weighted by atomic mass is 9.74. The highest BCUT2D eigenvalue weighted by Crippen LogP contribution is 2.46. The summed E-state index contributed by atoms with van der Waals surface area (Å²) in [4.78, 5) is 20.7. The van der Waals surface area contributed by atoms with Gasteiger partial charge in [-0.3, -0.25) is 4.40 Å². The molecule has 4 heterocycles. The molecule has 61 heavy (non-hydrogen) atoms. The predicted molar refractivity (Wildman–Crippen MR) is 254 cm³/mol. The van der Waals surface area contributed by atoms with Crippen molar-refractivity contribution in [2.75, 3.05) is 0 Å². The third kappa shape index (κ3) is 5.39. The Morgan fingerprint density at radius 2 is 1.21 bits per heavy atom. The summed E-state index contributed by atoms with van der Waals surface area (Å²) >= 11 is 1.85. The molecule has 4 aromatic heterocycles. The SMILES string of the molecule is CC1c2cc3nc4c5sc6c7ccccc7ccc6c5cc(-c5ccc(-c6nc(-c7ccccc7)nc(-c7ccc8ccccc8c7)n6)cc5)n4c3cc2C=C2C=CC=CC21. The van der Waals surface area contributed by atoms with Crippen LogP contribution in [0.2, 0.25) is 0 Å². The van der Waals surface area contributed by atoms with E-state index in [0.717, 1.165) is 50.0 Å². The molecule has 0 amide bonds. The summed E-state index contributed by atoms with van der Waals surface area (Å²) in [7, 11) is 0. The summed E-state index contributed by atoms with van der Waals surface area (Å²) in [5.41, 5.74) is 12.1. The van der Waals surface area contributed by atoms with E-state index in [4.69, 9.17) is 19.9 Å². The first-order valence-electron chi connectivity index (χ1n) is 20.8. The summed E-state index contributed by atoms with van der Waals surface area (Å²) < 4.78 is 4.89. The number of hydrogen-bond donors (Lipinski definition) is 0. The molecule has 0 saturated carbocycles. The van der Waals surface area contributed by atoms with Crippen molar-refractivity contribution in [1.29, 1.82) is 0 Å². The molecule has 0 radical (unpaired) electrons. The zero-order valence-corrected chi connectivity index (χ0v) is 33.9. The molecule has 2 aliphatic rings. The average molecular weight is 798 g/mol. The molecule has 0 aliphatic heterocycles. The van der Waals surface area contributed by atoms with Gasteiger partial charge in [0.05, 0.1) is 21.4 Å². The van der Waals surface area contributed by atoms with Crippen molar-refractivity contribution in [2.24, 2.45) is 5.92 Å². The minimum Gasteiger partial charge on any atom is -0.291 e. The van der Waals surface area contributed by atoms with Crippen LogP contribution in [0.3, 0.4) is 0 Å². The Morgan fingerprint density at radius 1 is 0.525 bits per heavy atom. The van der Waals surface area contributed by atoms with E-state index in [1.54, 1.807) is 0 Å². The van der Waals surface area contributed by atoms with Crippen LogP contribution < -0.4 is 0 Å². The smallest absolute Gasteiger partial charge is 0.164 e. The quantitative estimate of drug-likeness (QED) is 0.178. The van der Waals surface area contributed by atoms with Crippen LogP contribution in [0, 0.1) is 5.92 Å². The molecule has 7 aromatic carbocycles. The second-order valence-electron chi connectivity index (χ2n) is 16.3. The van der Waals surface area contributed by atoms with E-state index in [1.807, 2.05) is 29.5 Å². The monoisotopic (exact) mass is 797 g/mol. The van der Waals surface area contributed by atoms with Gasteiger partial charge in [0.25, 0.3) is 0 Å². The van der Waals surface area contributed by atoms with Crippen LogP contribution in [0.1, 0.15) is 24.0 Å². The number of hydrogen-bond acceptors (Lipinski definition) is 5. The van der Waals surface area contributed by atoms with Gasteiger partial charge in [-0.1, -0.05) is 165 Å². The predicted octanol–water partition coefficient (Wildman–Crippen LogP) is 14.3. The number of fused-ring (bicyclic) bond motifs is 12. The molecule has 0 N–H and O–H groups in total. The Kier molecular flexibility index (Phi) is 7.45. The molecule has 2 unspecified atom stereocenters. The fourth-order valence-electron chi connectivity index (χ4n) is 9.65. The van der Waals surface area contributed by atoms with Gasteiger partial charge in [-0.2, -0.15) is 0 Å². The Bertz CT molecular complexity index is 3720. The topological polar surface area (TPSA) is 56.0 Å². The molecule has 2 aliphatic carbocycles. The molecule has 6 heteroatoms. The normalized spacial score (nSPS) is 15.9. The van der Waals surface area contributed by atoms with Crippen molar-refractivity contribution >= 4 is 75.8 Å². The lowest BCUT2D eigenvalue weighted by molar-refractivity contribution is 0.618. The molecular formula is C55H35N5S. The van der Waals surface area contributed by atoms with E-state index >= 15 is 0 Å². The largest absolute Gasteiger partial charge is 0.291 e. The number of thiophene rings is 1. The van der Waals surface area contributed by atoms with Gasteiger partial charge in [0, 0.05) is 38.1 Å². The highest BCUT2D eigenvalue weighted by Gasteiger charge is 2.28. The number of nitrogens with zero attached hydrogens (tertiary/aromatic N) is 5. The van der Waals surface area contributed by atoms with Gasteiger partial charge in [0.1, 0.15) is 0 Å². The minimum absolute atomic E-state index is 0.354. The van der Waals surface area contributed by atoms with Crippen molar-refractivity contribution in [1.82, 2.24) is 24.3 Å². The van der Waals surface area contributed by atoms with E-state index in [1.165, 1.54) is 53.0 Å². The number of rotatable bonds is 4. The van der Waals surface area contributed by atoms with Gasteiger partial charge in [-0.05, 0) is 74.0 Å². The summed E-state index contributed by atoms with van der Waals surface area (Å²) in [5, 5.41) is 7.33. The zero-order chi connectivity index (χ0) is 40.2. The van der Waals surface area contributed by atoms with Gasteiger partial charge in [0.2, 0.25) is 0 Å². The second kappa shape index (κ2) is 13.2. The Hall–Kier alpha value is -7.54. The number of imidazole rings is 1. The fraction of sp³-hybridized carbons (Fsp3) is 0.0545. The Morgan fingerprint density at radius 3 is 2.05 bits per heavy atom. The summed E-state index contributed by atoms with van der Waals surface area (Å²) in [6.07, 6.45) is 11.3. The standard InChI is InChI=1S/C55H35N5S/c1-32-42-17-9-8-16-39(42)28-41-29-49-47(30-45(32)41)56-55-51-46(44-26-25-34-12-7-10-18-43(34)50(44)61-51)31-48(60(49)55)35-20-22-37(23-21-35)53-57-52(36-13-3-2-4-14-36)58-54(59-53)40-24-19-33-11-5-6-15-38(33)27-40/h2-32,42H,1H3. The van der Waals surface area contributed by atoms with Crippen LogP contribution in [-0.4, -0.2) is 24.3 Å². The highest BCUT2D eigenvalue weighted by atomic mass is 32.1. The average Bonchev–Trinajstić information content (AvgIpc) is 3.89. The molecule has 0 fully saturated rings. The molecule has 0 saturated heterocycles. The van der Waals surface area contributed by atoms with Crippen molar-refractivity contribution < 1.29 is 0 Å². The maximum absolute atomic E-state index is 5.51. The Labute approximate surface area is 355 Å². The maximum Gasteiger partial charge on any atom is 0.164 e. The number of benzene rings is 7. The highest BCUT2D eigenvalue weighted by molar-refractivity contribution is 7.27. The molecule has 5 nitrogen and oxygen atoms in total. The van der Waals surface area contributed by atoms with Crippen molar-refractivity contribution in [3.63, 3.8) is 0 Å². The molecule has 0 spiro atoms. The third-order valence-electron chi connectivity index (χ3n) is 12.8. The summed E-state index contributed by atoms with van der Waals surface area (Å²) in [6.45, 7) is 2.35. The first-order chi connectivity index (χ1) is 30.1. The minimum atomic E-state index is 0.354. The third-order valence-corrected chi connectivity index (χ3v) is 14.0. The van der Waals surface area contributed by atoms with Crippen LogP contribution >= 0.6 is 11.3 Å². The van der Waals surface area contributed by atoms with E-state index in [2.05, 4.69) is 175 Å². The van der Waals surface area contributed by atoms with Crippen LogP contribution in [0.4, 0.5) is 0 Å². The van der Waals surface area contributed by atoms with E-state index in [0.29, 0.717) is 29.3 Å². The molecular weight excluding hydrogens is 763 g/mol. The fourth-order valence-corrected chi connectivity index (χ4v) is 10.9. The molecule has 11 aromatic rings. The van der Waals surface area contributed by atoms with Crippen molar-refractivity contribution in [3.8, 4) is 45.4 Å². The Balaban J connectivity index is 1.01. The van der Waals surface area contributed by atoms with E-state index in [-0.39, 0.29) is 0 Å². The van der Waals surface area contributed by atoms with E-state index in [9.17, 15) is 0 Å². The van der Waals surface area contributed by atoms with Gasteiger partial charge in [-0.15, -0.1) is 11.3 Å². The first-order valence-corrected chi connectivity index (χ1v) is 21.6. The van der Waals surface area contributed by atoms with Crippen LogP contribution in [0.15, 0.2) is 182 Å². The zero-order valence-electron chi connectivity index (χ0n) is 33.1. The van der Waals surface area contributed by atoms with Crippen molar-refractivity contribution in [2.45, 2.75) is 12.8 Å². The second-order valence-corrected chi connectivity index (χ2v) is 17.3. The molecule has 0 bridgehead atoms. The first kappa shape index (κ1) is 34.3. The lowest BCUT2D eigenvalue weighted by Crippen LogP contribution is -2.16. The van der Waals surface area contributed by atoms with Crippen LogP contribution in [0.25, 0.3) is 110 Å². The number of allylic oxidation sites excluding steroid dienone is 5. The summed E-state index contributed by atoms with van der Waals surface area (Å²) in [6, 6.07) is 54.0. The van der Waals surface area contributed by atoms with Crippen LogP contribution in [0.5, 0.6) is 0 Å². The van der Waals surface area contributed by atoms with Gasteiger partial charge < -0.3 is 0 Å². The van der Waals surface area contributed by atoms with Crippen molar-refractivity contribution in [3.05, 3.63) is 193 Å².